The van der Waals surface area contributed by atoms with Gasteiger partial charge in [0.2, 0.25) is 5.90 Å². The predicted molar refractivity (Wildman–Crippen MR) is 96.7 cm³/mol. The Balaban J connectivity index is 1.75. The summed E-state index contributed by atoms with van der Waals surface area (Å²) < 4.78 is 18.7. The second kappa shape index (κ2) is 7.27. The first-order valence-corrected chi connectivity index (χ1v) is 8.43. The van der Waals surface area contributed by atoms with E-state index < -0.39 is 0 Å². The summed E-state index contributed by atoms with van der Waals surface area (Å²) in [5, 5.41) is 10.4. The van der Waals surface area contributed by atoms with Crippen molar-refractivity contribution in [2.24, 2.45) is 5.10 Å². The van der Waals surface area contributed by atoms with E-state index in [1.165, 1.54) is 12.1 Å². The highest BCUT2D eigenvalue weighted by molar-refractivity contribution is 7.08. The van der Waals surface area contributed by atoms with Crippen molar-refractivity contribution < 1.29 is 9.13 Å². The molecular formula is C19H17FN2OS. The van der Waals surface area contributed by atoms with Crippen LogP contribution in [0.25, 0.3) is 5.70 Å². The Bertz CT molecular complexity index is 804. The number of thiophene rings is 1. The van der Waals surface area contributed by atoms with Gasteiger partial charge in [0, 0.05) is 17.0 Å². The maximum Gasteiger partial charge on any atom is 0.232 e. The number of benzene rings is 1. The highest BCUT2D eigenvalue weighted by Crippen LogP contribution is 2.27. The third-order valence-electron chi connectivity index (χ3n) is 3.51. The first kappa shape index (κ1) is 16.2. The molecule has 24 heavy (non-hydrogen) atoms. The molecule has 0 spiro atoms. The summed E-state index contributed by atoms with van der Waals surface area (Å²) in [5.74, 6) is 0.228. The highest BCUT2D eigenvalue weighted by atomic mass is 32.1. The third kappa shape index (κ3) is 3.63. The van der Waals surface area contributed by atoms with E-state index in [2.05, 4.69) is 17.1 Å². The summed E-state index contributed by atoms with van der Waals surface area (Å²) >= 11 is 1.63. The molecule has 0 N–H and O–H groups in total. The lowest BCUT2D eigenvalue weighted by molar-refractivity contribution is 0.284. The van der Waals surface area contributed by atoms with Gasteiger partial charge < -0.3 is 4.74 Å². The van der Waals surface area contributed by atoms with Gasteiger partial charge in [-0.15, -0.1) is 5.10 Å². The van der Waals surface area contributed by atoms with Crippen LogP contribution in [0.3, 0.4) is 0 Å². The van der Waals surface area contributed by atoms with Crippen LogP contribution in [0.15, 0.2) is 76.7 Å². The Morgan fingerprint density at radius 3 is 2.75 bits per heavy atom. The zero-order valence-corrected chi connectivity index (χ0v) is 14.1. The number of hydrazone groups is 1. The van der Waals surface area contributed by atoms with E-state index in [-0.39, 0.29) is 5.82 Å². The van der Waals surface area contributed by atoms with E-state index in [1.807, 2.05) is 30.5 Å². The first-order chi connectivity index (χ1) is 11.7. The molecule has 1 aromatic heterocycles. The molecule has 3 nitrogen and oxygen atoms in total. The van der Waals surface area contributed by atoms with E-state index in [0.717, 1.165) is 22.5 Å². The van der Waals surface area contributed by atoms with Gasteiger partial charge in [0.25, 0.3) is 0 Å². The van der Waals surface area contributed by atoms with Gasteiger partial charge in [-0.05, 0) is 42.1 Å². The number of halogens is 1. The van der Waals surface area contributed by atoms with E-state index in [4.69, 9.17) is 4.74 Å². The van der Waals surface area contributed by atoms with Crippen LogP contribution in [0.5, 0.6) is 0 Å². The lowest BCUT2D eigenvalue weighted by Gasteiger charge is -2.25. The Morgan fingerprint density at radius 1 is 1.29 bits per heavy atom. The molecule has 0 atom stereocenters. The number of rotatable bonds is 4. The van der Waals surface area contributed by atoms with Gasteiger partial charge in [-0.3, -0.25) is 0 Å². The largest absolute Gasteiger partial charge is 0.472 e. The van der Waals surface area contributed by atoms with Crippen molar-refractivity contribution in [1.82, 2.24) is 5.01 Å². The van der Waals surface area contributed by atoms with Crippen molar-refractivity contribution in [2.75, 3.05) is 0 Å². The Hall–Kier alpha value is -2.66. The van der Waals surface area contributed by atoms with Crippen molar-refractivity contribution in [3.63, 3.8) is 0 Å². The summed E-state index contributed by atoms with van der Waals surface area (Å²) in [6.45, 7) is 6.33. The average Bonchev–Trinajstić information content (AvgIpc) is 3.12. The van der Waals surface area contributed by atoms with Crippen LogP contribution >= 0.6 is 11.3 Å². The average molecular weight is 340 g/mol. The summed E-state index contributed by atoms with van der Waals surface area (Å²) in [7, 11) is 0. The fourth-order valence-corrected chi connectivity index (χ4v) is 2.93. The minimum atomic E-state index is -0.260. The Labute approximate surface area is 144 Å². The summed E-state index contributed by atoms with van der Waals surface area (Å²) in [6, 6.07) is 8.27. The van der Waals surface area contributed by atoms with Crippen LogP contribution in [0.2, 0.25) is 0 Å². The van der Waals surface area contributed by atoms with Gasteiger partial charge in [0.05, 0.1) is 11.4 Å². The van der Waals surface area contributed by atoms with Gasteiger partial charge in [-0.25, -0.2) is 9.40 Å². The monoisotopic (exact) mass is 340 g/mol. The molecule has 1 aliphatic heterocycles. The lowest BCUT2D eigenvalue weighted by Crippen LogP contribution is -2.20. The van der Waals surface area contributed by atoms with Crippen LogP contribution in [-0.4, -0.2) is 10.9 Å². The summed E-state index contributed by atoms with van der Waals surface area (Å²) in [5.41, 5.74) is 3.69. The fraction of sp³-hybridized carbons (Fsp3) is 0.105. The molecule has 0 amide bonds. The van der Waals surface area contributed by atoms with Crippen LogP contribution < -0.4 is 0 Å². The number of hydrogen-bond donors (Lipinski definition) is 0. The molecule has 3 rings (SSSR count). The SMILES string of the molecule is C=C1C=CC(OCc2ccc(F)cc2)=NN1/C(=C\C)c1ccsc1. The molecule has 2 aromatic rings. The summed E-state index contributed by atoms with van der Waals surface area (Å²) in [6.07, 6.45) is 5.64. The molecule has 122 valence electrons. The topological polar surface area (TPSA) is 24.8 Å². The van der Waals surface area contributed by atoms with Gasteiger partial charge in [-0.1, -0.05) is 24.8 Å². The minimum absolute atomic E-state index is 0.260. The normalized spacial score (nSPS) is 14.8. The molecule has 0 saturated heterocycles. The molecule has 0 radical (unpaired) electrons. The fourth-order valence-electron chi connectivity index (χ4n) is 2.28. The second-order valence-electron chi connectivity index (χ2n) is 5.18. The molecule has 0 bridgehead atoms. The van der Waals surface area contributed by atoms with Crippen molar-refractivity contribution in [3.8, 4) is 0 Å². The van der Waals surface area contributed by atoms with Gasteiger partial charge in [-0.2, -0.15) is 11.3 Å². The maximum absolute atomic E-state index is 12.9. The van der Waals surface area contributed by atoms with Crippen LogP contribution in [0.1, 0.15) is 18.1 Å². The van der Waals surface area contributed by atoms with Crippen molar-refractivity contribution in [1.29, 1.82) is 0 Å². The lowest BCUT2D eigenvalue weighted by atomic mass is 10.2. The number of hydrogen-bond acceptors (Lipinski definition) is 4. The number of ether oxygens (including phenoxy) is 1. The highest BCUT2D eigenvalue weighted by Gasteiger charge is 2.17. The minimum Gasteiger partial charge on any atom is -0.472 e. The molecule has 0 unspecified atom stereocenters. The molecule has 0 aliphatic carbocycles. The maximum atomic E-state index is 12.9. The molecule has 1 aliphatic rings. The predicted octanol–water partition coefficient (Wildman–Crippen LogP) is 5.16. The van der Waals surface area contributed by atoms with E-state index in [0.29, 0.717) is 12.5 Å². The zero-order valence-electron chi connectivity index (χ0n) is 13.3. The third-order valence-corrected chi connectivity index (χ3v) is 4.19. The van der Waals surface area contributed by atoms with Crippen molar-refractivity contribution >= 4 is 22.9 Å². The van der Waals surface area contributed by atoms with Crippen LogP contribution in [0, 0.1) is 5.82 Å². The van der Waals surface area contributed by atoms with E-state index >= 15 is 0 Å². The molecule has 5 heteroatoms. The molecule has 0 fully saturated rings. The smallest absolute Gasteiger partial charge is 0.232 e. The second-order valence-corrected chi connectivity index (χ2v) is 5.96. The zero-order chi connectivity index (χ0) is 16.9. The Morgan fingerprint density at radius 2 is 2.08 bits per heavy atom. The first-order valence-electron chi connectivity index (χ1n) is 7.49. The molecular weight excluding hydrogens is 323 g/mol. The summed E-state index contributed by atoms with van der Waals surface area (Å²) in [4.78, 5) is 0. The molecule has 1 aromatic carbocycles. The molecule has 2 heterocycles. The van der Waals surface area contributed by atoms with E-state index in [1.54, 1.807) is 34.6 Å². The van der Waals surface area contributed by atoms with Crippen LogP contribution in [0.4, 0.5) is 4.39 Å². The van der Waals surface area contributed by atoms with Gasteiger partial charge in [0.1, 0.15) is 12.4 Å². The molecule has 0 saturated carbocycles. The number of nitrogens with zero attached hydrogens (tertiary/aromatic N) is 2. The number of allylic oxidation sites excluding steroid dienone is 2. The van der Waals surface area contributed by atoms with Crippen molar-refractivity contribution in [2.45, 2.75) is 13.5 Å². The quantitative estimate of drug-likeness (QED) is 0.767. The van der Waals surface area contributed by atoms with Gasteiger partial charge in [0.15, 0.2) is 0 Å². The Kier molecular flexibility index (Phi) is 4.91. The van der Waals surface area contributed by atoms with Gasteiger partial charge >= 0.3 is 0 Å². The van der Waals surface area contributed by atoms with E-state index in [9.17, 15) is 4.39 Å². The van der Waals surface area contributed by atoms with Crippen molar-refractivity contribution in [3.05, 3.63) is 88.5 Å². The van der Waals surface area contributed by atoms with Crippen LogP contribution in [-0.2, 0) is 11.3 Å². The standard InChI is InChI=1S/C19H17FN2OS/c1-3-18(16-10-11-24-13-16)22-14(2)4-9-19(21-22)23-12-15-5-7-17(20)8-6-15/h3-11,13H,2,12H2,1H3/b18-3-.